The van der Waals surface area contributed by atoms with Gasteiger partial charge in [-0.3, -0.25) is 4.99 Å². The van der Waals surface area contributed by atoms with Crippen LogP contribution in [0.1, 0.15) is 24.8 Å². The van der Waals surface area contributed by atoms with Gasteiger partial charge in [-0.2, -0.15) is 0 Å². The minimum absolute atomic E-state index is 0.557. The second-order valence-corrected chi connectivity index (χ2v) is 7.29. The zero-order valence-corrected chi connectivity index (χ0v) is 16.7. The number of rotatable bonds is 8. The summed E-state index contributed by atoms with van der Waals surface area (Å²) < 4.78 is 10.7. The number of likely N-dealkylation sites (tertiary alicyclic amines) is 1. The van der Waals surface area contributed by atoms with Crippen LogP contribution in [0.3, 0.4) is 0 Å². The molecule has 2 aliphatic heterocycles. The molecule has 150 valence electrons. The Morgan fingerprint density at radius 3 is 2.81 bits per heavy atom. The first-order valence-corrected chi connectivity index (χ1v) is 10.0. The fourth-order valence-corrected chi connectivity index (χ4v) is 3.72. The molecular formula is C20H33N5O2. The van der Waals surface area contributed by atoms with Gasteiger partial charge >= 0.3 is 0 Å². The molecule has 0 amide bonds. The SMILES string of the molecule is CN=C(NCc1ccc(N2CCCC2)nc1)N1CCC(COCCOC)C1. The lowest BCUT2D eigenvalue weighted by Gasteiger charge is -2.22. The van der Waals surface area contributed by atoms with Gasteiger partial charge in [-0.05, 0) is 30.9 Å². The molecule has 1 aromatic rings. The molecule has 2 fully saturated rings. The van der Waals surface area contributed by atoms with E-state index >= 15 is 0 Å². The van der Waals surface area contributed by atoms with Gasteiger partial charge in [0.2, 0.25) is 0 Å². The van der Waals surface area contributed by atoms with Crippen LogP contribution in [0.5, 0.6) is 0 Å². The van der Waals surface area contributed by atoms with E-state index in [4.69, 9.17) is 9.47 Å². The third-order valence-electron chi connectivity index (χ3n) is 5.27. The van der Waals surface area contributed by atoms with Gasteiger partial charge in [-0.25, -0.2) is 4.98 Å². The highest BCUT2D eigenvalue weighted by molar-refractivity contribution is 5.80. The van der Waals surface area contributed by atoms with E-state index < -0.39 is 0 Å². The molecule has 1 unspecified atom stereocenters. The number of anilines is 1. The van der Waals surface area contributed by atoms with E-state index in [-0.39, 0.29) is 0 Å². The Hall–Kier alpha value is -1.86. The number of nitrogens with zero attached hydrogens (tertiary/aromatic N) is 4. The lowest BCUT2D eigenvalue weighted by molar-refractivity contribution is 0.0536. The average Bonchev–Trinajstić information content (AvgIpc) is 3.39. The van der Waals surface area contributed by atoms with Crippen LogP contribution >= 0.6 is 0 Å². The van der Waals surface area contributed by atoms with Crippen LogP contribution < -0.4 is 10.2 Å². The standard InChI is InChI=1S/C20H33N5O2/c1-21-20(25-10-7-18(15-25)16-27-12-11-26-2)23-14-17-5-6-19(22-13-17)24-8-3-4-9-24/h5-6,13,18H,3-4,7-12,14-16H2,1-2H3,(H,21,23). The first-order chi connectivity index (χ1) is 13.3. The lowest BCUT2D eigenvalue weighted by atomic mass is 10.1. The van der Waals surface area contributed by atoms with E-state index in [1.807, 2.05) is 13.2 Å². The average molecular weight is 376 g/mol. The summed E-state index contributed by atoms with van der Waals surface area (Å²) in [5, 5.41) is 3.48. The molecule has 2 aliphatic rings. The van der Waals surface area contributed by atoms with E-state index in [0.29, 0.717) is 19.1 Å². The maximum atomic E-state index is 5.68. The van der Waals surface area contributed by atoms with Crippen LogP contribution in [0.2, 0.25) is 0 Å². The van der Waals surface area contributed by atoms with Gasteiger partial charge < -0.3 is 24.6 Å². The van der Waals surface area contributed by atoms with Crippen molar-refractivity contribution in [2.45, 2.75) is 25.8 Å². The van der Waals surface area contributed by atoms with Crippen LogP contribution in [-0.4, -0.2) is 76.0 Å². The summed E-state index contributed by atoms with van der Waals surface area (Å²) >= 11 is 0. The summed E-state index contributed by atoms with van der Waals surface area (Å²) in [6.45, 7) is 7.11. The molecule has 1 aromatic heterocycles. The summed E-state index contributed by atoms with van der Waals surface area (Å²) in [7, 11) is 3.55. The molecule has 0 aromatic carbocycles. The van der Waals surface area contributed by atoms with Crippen molar-refractivity contribution in [1.82, 2.24) is 15.2 Å². The molecule has 0 aliphatic carbocycles. The van der Waals surface area contributed by atoms with Gasteiger partial charge in [0.1, 0.15) is 5.82 Å². The summed E-state index contributed by atoms with van der Waals surface area (Å²) in [6.07, 6.45) is 5.66. The van der Waals surface area contributed by atoms with Crippen molar-refractivity contribution in [3.63, 3.8) is 0 Å². The summed E-state index contributed by atoms with van der Waals surface area (Å²) in [6, 6.07) is 4.30. The molecule has 0 saturated carbocycles. The van der Waals surface area contributed by atoms with Crippen LogP contribution in [0, 0.1) is 5.92 Å². The normalized spacial score (nSPS) is 20.5. The van der Waals surface area contributed by atoms with Gasteiger partial charge in [0, 0.05) is 59.0 Å². The topological polar surface area (TPSA) is 62.2 Å². The Labute approximate surface area is 162 Å². The molecule has 0 spiro atoms. The second kappa shape index (κ2) is 10.5. The summed E-state index contributed by atoms with van der Waals surface area (Å²) in [5.41, 5.74) is 1.18. The van der Waals surface area contributed by atoms with E-state index in [1.54, 1.807) is 7.11 Å². The smallest absolute Gasteiger partial charge is 0.193 e. The van der Waals surface area contributed by atoms with Crippen LogP contribution in [0.15, 0.2) is 23.3 Å². The number of aromatic nitrogens is 1. The van der Waals surface area contributed by atoms with Gasteiger partial charge in [0.25, 0.3) is 0 Å². The molecule has 27 heavy (non-hydrogen) atoms. The minimum atomic E-state index is 0.557. The van der Waals surface area contributed by atoms with Crippen molar-refractivity contribution in [2.75, 3.05) is 65.1 Å². The van der Waals surface area contributed by atoms with Gasteiger partial charge in [-0.1, -0.05) is 6.07 Å². The number of methoxy groups -OCH3 is 1. The number of hydrogen-bond acceptors (Lipinski definition) is 5. The Balaban J connectivity index is 1.42. The van der Waals surface area contributed by atoms with Crippen LogP contribution in [0.25, 0.3) is 0 Å². The third-order valence-corrected chi connectivity index (χ3v) is 5.27. The second-order valence-electron chi connectivity index (χ2n) is 7.29. The maximum absolute atomic E-state index is 5.68. The highest BCUT2D eigenvalue weighted by atomic mass is 16.5. The zero-order chi connectivity index (χ0) is 18.9. The third kappa shape index (κ3) is 5.81. The Morgan fingerprint density at radius 2 is 2.11 bits per heavy atom. The summed E-state index contributed by atoms with van der Waals surface area (Å²) in [4.78, 5) is 13.8. The number of ether oxygens (including phenoxy) is 2. The molecule has 7 heteroatoms. The van der Waals surface area contributed by atoms with Crippen molar-refractivity contribution < 1.29 is 9.47 Å². The van der Waals surface area contributed by atoms with E-state index in [1.165, 1.54) is 18.4 Å². The fraction of sp³-hybridized carbons (Fsp3) is 0.700. The van der Waals surface area contributed by atoms with Crippen molar-refractivity contribution in [3.8, 4) is 0 Å². The molecule has 3 heterocycles. The van der Waals surface area contributed by atoms with Crippen LogP contribution in [0.4, 0.5) is 5.82 Å². The lowest BCUT2D eigenvalue weighted by Crippen LogP contribution is -2.39. The maximum Gasteiger partial charge on any atom is 0.193 e. The summed E-state index contributed by atoms with van der Waals surface area (Å²) in [5.74, 6) is 2.61. The van der Waals surface area contributed by atoms with Crippen molar-refractivity contribution >= 4 is 11.8 Å². The van der Waals surface area contributed by atoms with E-state index in [2.05, 4.69) is 37.2 Å². The molecular weight excluding hydrogens is 342 g/mol. The molecule has 7 nitrogen and oxygen atoms in total. The number of nitrogens with one attached hydrogen (secondary N) is 1. The first-order valence-electron chi connectivity index (χ1n) is 10.0. The first kappa shape index (κ1) is 19.9. The van der Waals surface area contributed by atoms with Gasteiger partial charge in [-0.15, -0.1) is 0 Å². The zero-order valence-electron chi connectivity index (χ0n) is 16.7. The van der Waals surface area contributed by atoms with Crippen molar-refractivity contribution in [1.29, 1.82) is 0 Å². The highest BCUT2D eigenvalue weighted by Gasteiger charge is 2.25. The van der Waals surface area contributed by atoms with E-state index in [9.17, 15) is 0 Å². The molecule has 3 rings (SSSR count). The quantitative estimate of drug-likeness (QED) is 0.424. The molecule has 0 radical (unpaired) electrons. The number of hydrogen-bond donors (Lipinski definition) is 1. The van der Waals surface area contributed by atoms with Gasteiger partial charge in [0.15, 0.2) is 5.96 Å². The van der Waals surface area contributed by atoms with Crippen LogP contribution in [-0.2, 0) is 16.0 Å². The van der Waals surface area contributed by atoms with Crippen molar-refractivity contribution in [3.05, 3.63) is 23.9 Å². The monoisotopic (exact) mass is 375 g/mol. The molecule has 1 atom stereocenters. The molecule has 0 bridgehead atoms. The Morgan fingerprint density at radius 1 is 1.26 bits per heavy atom. The highest BCUT2D eigenvalue weighted by Crippen LogP contribution is 2.18. The van der Waals surface area contributed by atoms with E-state index in [0.717, 1.165) is 57.5 Å². The Bertz CT molecular complexity index is 587. The minimum Gasteiger partial charge on any atom is -0.382 e. The number of aliphatic imine (C=N–C) groups is 1. The number of pyridine rings is 1. The number of guanidine groups is 1. The molecule has 1 N–H and O–H groups in total. The fourth-order valence-electron chi connectivity index (χ4n) is 3.72. The predicted molar refractivity (Wildman–Crippen MR) is 108 cm³/mol. The molecule has 2 saturated heterocycles. The predicted octanol–water partition coefficient (Wildman–Crippen LogP) is 1.74. The van der Waals surface area contributed by atoms with Gasteiger partial charge in [0.05, 0.1) is 19.8 Å². The largest absolute Gasteiger partial charge is 0.382 e. The Kier molecular flexibility index (Phi) is 7.71. The van der Waals surface area contributed by atoms with Crippen molar-refractivity contribution in [2.24, 2.45) is 10.9 Å².